The first kappa shape index (κ1) is 27.0. The number of aryl methyl sites for hydroxylation is 1. The molecule has 4 aromatic rings. The Labute approximate surface area is 240 Å². The monoisotopic (exact) mass is 575 g/mol. The van der Waals surface area contributed by atoms with E-state index in [0.717, 1.165) is 0 Å². The van der Waals surface area contributed by atoms with Crippen molar-refractivity contribution in [2.24, 2.45) is 7.05 Å². The summed E-state index contributed by atoms with van der Waals surface area (Å²) in [6.45, 7) is 0.0389. The first-order chi connectivity index (χ1) is 19.3. The third kappa shape index (κ3) is 5.70. The van der Waals surface area contributed by atoms with Crippen LogP contribution in [0.4, 0.5) is 17.3 Å². The Morgan fingerprint density at radius 3 is 2.33 bits per heavy atom. The van der Waals surface area contributed by atoms with Gasteiger partial charge in [0.1, 0.15) is 12.6 Å². The van der Waals surface area contributed by atoms with E-state index in [2.05, 4.69) is 15.9 Å². The zero-order valence-corrected chi connectivity index (χ0v) is 22.9. The molecule has 0 spiro atoms. The van der Waals surface area contributed by atoms with Gasteiger partial charge in [0, 0.05) is 16.3 Å². The predicted molar refractivity (Wildman–Crippen MR) is 153 cm³/mol. The Morgan fingerprint density at radius 2 is 1.65 bits per heavy atom. The molecular weight excluding hydrogens is 552 g/mol. The van der Waals surface area contributed by atoms with Crippen LogP contribution in [0, 0.1) is 0 Å². The van der Waals surface area contributed by atoms with E-state index in [4.69, 9.17) is 28.3 Å². The van der Waals surface area contributed by atoms with Crippen LogP contribution in [0.25, 0.3) is 0 Å². The Kier molecular flexibility index (Phi) is 7.85. The molecule has 40 heavy (non-hydrogen) atoms. The van der Waals surface area contributed by atoms with Gasteiger partial charge in [-0.1, -0.05) is 48.0 Å². The second-order valence-electron chi connectivity index (χ2n) is 8.99. The van der Waals surface area contributed by atoms with Gasteiger partial charge in [0.25, 0.3) is 17.5 Å². The van der Waals surface area contributed by atoms with Gasteiger partial charge in [-0.15, -0.1) is 0 Å². The maximum absolute atomic E-state index is 13.7. The lowest BCUT2D eigenvalue weighted by molar-refractivity contribution is -0.746. The van der Waals surface area contributed by atoms with Crippen LogP contribution in [0.15, 0.2) is 89.5 Å². The number of hydrogen-bond acceptors (Lipinski definition) is 6. The fourth-order valence-electron chi connectivity index (χ4n) is 4.30. The molecule has 0 saturated carbocycles. The van der Waals surface area contributed by atoms with E-state index in [0.29, 0.717) is 27.7 Å². The second-order valence-corrected chi connectivity index (χ2v) is 9.79. The summed E-state index contributed by atoms with van der Waals surface area (Å²) in [6.07, 6.45) is -0.175. The van der Waals surface area contributed by atoms with Crippen molar-refractivity contribution >= 4 is 63.9 Å². The highest BCUT2D eigenvalue weighted by Gasteiger charge is 2.46. The minimum absolute atomic E-state index is 0.0389. The first-order valence-electron chi connectivity index (χ1n) is 12.3. The highest BCUT2D eigenvalue weighted by molar-refractivity contribution is 7.80. The molecular formula is C28H24ClN6O4S+. The van der Waals surface area contributed by atoms with Gasteiger partial charge in [0.15, 0.2) is 12.2 Å². The molecule has 2 N–H and O–H groups in total. The van der Waals surface area contributed by atoms with Crippen molar-refractivity contribution in [3.63, 3.8) is 0 Å². The fourth-order valence-corrected chi connectivity index (χ4v) is 4.81. The fraction of sp³-hybridized carbons (Fsp3) is 0.143. The SMILES string of the molecule is C[n+]1noc(NC(=O)c2ccccc2)c1CN1C(=S)N(c2ccccc2)C(=O)C1CC(=O)Nc1ccc(Cl)cc1. The smallest absolute Gasteiger partial charge is 0.307 e. The van der Waals surface area contributed by atoms with Crippen molar-refractivity contribution < 1.29 is 23.6 Å². The van der Waals surface area contributed by atoms with Crippen LogP contribution in [0.1, 0.15) is 22.5 Å². The molecule has 3 aromatic carbocycles. The van der Waals surface area contributed by atoms with Crippen molar-refractivity contribution in [2.45, 2.75) is 19.0 Å². The van der Waals surface area contributed by atoms with Crippen LogP contribution in [0.2, 0.25) is 5.02 Å². The molecule has 0 bridgehead atoms. The molecule has 5 rings (SSSR count). The number of amides is 3. The number of rotatable bonds is 8. The number of hydrogen-bond donors (Lipinski definition) is 2. The van der Waals surface area contributed by atoms with E-state index in [1.807, 2.05) is 12.1 Å². The number of benzene rings is 3. The topological polar surface area (TPSA) is 112 Å². The molecule has 3 amide bonds. The lowest BCUT2D eigenvalue weighted by atomic mass is 10.1. The summed E-state index contributed by atoms with van der Waals surface area (Å²) in [5.41, 5.74) is 2.02. The molecule has 202 valence electrons. The second kappa shape index (κ2) is 11.6. The zero-order chi connectivity index (χ0) is 28.2. The van der Waals surface area contributed by atoms with Gasteiger partial charge in [0.2, 0.25) is 11.2 Å². The van der Waals surface area contributed by atoms with Crippen LogP contribution in [0.5, 0.6) is 0 Å². The van der Waals surface area contributed by atoms with Crippen molar-refractivity contribution in [3.8, 4) is 0 Å². The number of nitrogens with zero attached hydrogens (tertiary/aromatic N) is 4. The number of aromatic nitrogens is 2. The van der Waals surface area contributed by atoms with Crippen LogP contribution in [-0.2, 0) is 23.2 Å². The number of carbonyl (C=O) groups excluding carboxylic acids is 3. The van der Waals surface area contributed by atoms with Crippen LogP contribution >= 0.6 is 23.8 Å². The molecule has 2 heterocycles. The summed E-state index contributed by atoms with van der Waals surface area (Å²) >= 11 is 11.7. The Morgan fingerprint density at radius 1 is 1.00 bits per heavy atom. The predicted octanol–water partition coefficient (Wildman–Crippen LogP) is 3.94. The van der Waals surface area contributed by atoms with Crippen molar-refractivity contribution in [3.05, 3.63) is 101 Å². The van der Waals surface area contributed by atoms with E-state index >= 15 is 0 Å². The molecule has 1 saturated heterocycles. The lowest BCUT2D eigenvalue weighted by Crippen LogP contribution is -2.43. The van der Waals surface area contributed by atoms with Crippen LogP contribution in [-0.4, -0.2) is 39.0 Å². The largest absolute Gasteiger partial charge is 0.326 e. The summed E-state index contributed by atoms with van der Waals surface area (Å²) in [6, 6.07) is 23.4. The number of anilines is 3. The lowest BCUT2D eigenvalue weighted by Gasteiger charge is -2.22. The van der Waals surface area contributed by atoms with Crippen molar-refractivity contribution in [2.75, 3.05) is 15.5 Å². The standard InChI is InChI=1S/C28H23ClN6O4S/c1-33-23(26(39-32-33)31-25(37)18-8-4-2-5-9-18)17-34-22(16-24(36)30-20-14-12-19(29)13-15-20)27(38)35(28(34)40)21-10-6-3-7-11-21/h2-15,22H,16-17H2,1H3,(H-,30,31,32,36,37)/p+1. The summed E-state index contributed by atoms with van der Waals surface area (Å²) in [4.78, 5) is 42.6. The number of halogens is 1. The third-order valence-corrected chi connectivity index (χ3v) is 7.00. The molecule has 12 heteroatoms. The van der Waals surface area contributed by atoms with E-state index < -0.39 is 6.04 Å². The van der Waals surface area contributed by atoms with Gasteiger partial charge < -0.3 is 10.2 Å². The average Bonchev–Trinajstić information content (AvgIpc) is 3.41. The van der Waals surface area contributed by atoms with Gasteiger partial charge in [-0.05, 0) is 65.4 Å². The Bertz CT molecular complexity index is 1560. The van der Waals surface area contributed by atoms with Gasteiger partial charge >= 0.3 is 5.88 Å². The number of nitrogens with one attached hydrogen (secondary N) is 2. The quantitative estimate of drug-likeness (QED) is 0.242. The molecule has 1 unspecified atom stereocenters. The summed E-state index contributed by atoms with van der Waals surface area (Å²) < 4.78 is 6.85. The van der Waals surface area contributed by atoms with E-state index in [1.54, 1.807) is 84.7 Å². The molecule has 0 radical (unpaired) electrons. The molecule has 0 aliphatic carbocycles. The molecule has 1 fully saturated rings. The maximum atomic E-state index is 13.7. The van der Waals surface area contributed by atoms with E-state index in [9.17, 15) is 14.4 Å². The van der Waals surface area contributed by atoms with Crippen molar-refractivity contribution in [1.82, 2.24) is 10.2 Å². The number of thiocarbonyl (C=S) groups is 1. The van der Waals surface area contributed by atoms with Gasteiger partial charge in [-0.25, -0.2) is 0 Å². The number of carbonyl (C=O) groups is 3. The average molecular weight is 576 g/mol. The van der Waals surface area contributed by atoms with Crippen LogP contribution in [0.3, 0.4) is 0 Å². The highest BCUT2D eigenvalue weighted by atomic mass is 35.5. The van der Waals surface area contributed by atoms with E-state index in [1.165, 1.54) is 9.58 Å². The summed E-state index contributed by atoms with van der Waals surface area (Å²) in [7, 11) is 1.65. The molecule has 10 nitrogen and oxygen atoms in total. The van der Waals surface area contributed by atoms with Gasteiger partial charge in [-0.3, -0.25) is 29.1 Å². The Balaban J connectivity index is 1.42. The zero-order valence-electron chi connectivity index (χ0n) is 21.3. The summed E-state index contributed by atoms with van der Waals surface area (Å²) in [5.74, 6) is -1.01. The normalized spacial score (nSPS) is 14.9. The molecule has 1 aliphatic rings. The van der Waals surface area contributed by atoms with Crippen molar-refractivity contribution in [1.29, 1.82) is 0 Å². The molecule has 1 aromatic heterocycles. The maximum Gasteiger partial charge on any atom is 0.307 e. The van der Waals surface area contributed by atoms with E-state index in [-0.39, 0.29) is 41.7 Å². The number of para-hydroxylation sites is 1. The van der Waals surface area contributed by atoms with Crippen LogP contribution < -0.4 is 20.2 Å². The van der Waals surface area contributed by atoms with Gasteiger partial charge in [-0.2, -0.15) is 0 Å². The molecule has 1 atom stereocenters. The Hall–Kier alpha value is -4.61. The summed E-state index contributed by atoms with van der Waals surface area (Å²) in [5, 5.41) is 10.2. The molecule has 1 aliphatic heterocycles. The first-order valence-corrected chi connectivity index (χ1v) is 13.1. The minimum Gasteiger partial charge on any atom is -0.326 e. The third-order valence-electron chi connectivity index (χ3n) is 6.33. The minimum atomic E-state index is -0.924. The highest BCUT2D eigenvalue weighted by Crippen LogP contribution is 2.29. The van der Waals surface area contributed by atoms with Gasteiger partial charge in [0.05, 0.1) is 12.1 Å².